The summed E-state index contributed by atoms with van der Waals surface area (Å²) in [6, 6.07) is 0. The van der Waals surface area contributed by atoms with E-state index >= 15 is 0 Å². The Hall–Kier alpha value is 0.510. The Balaban J connectivity index is 0.00000867. The number of carbonyl (C=O) groups is 3. The van der Waals surface area contributed by atoms with E-state index in [-0.39, 0.29) is 88.7 Å². The molecule has 25 heteroatoms. The number of carboxylic acid groups (broad SMARTS) is 3. The standard InChI is InChI=1S/C27H42O22.3Na/c1-2-3-44-26(23(40)41)6-15(46-27(24(42)43)5-11(31)17(36)20(49-27)13(33)8-29)18(37)21(48-26)14(34)9-45-25(22(38)39)4-10(30)16(35)19(47-25)12(32)7-28;;;/h2,10-21,28-37H,1,3-9H2,(H,38,39)(H,40,41)(H,42,43);;;/q;3*+1/p-3/t10-,11-,12-,13-,14?,15-,16-,17-,18-,19-,20-,21-,25-,26-,27-;;;/m1.../s1. The fraction of sp³-hybridized carbons (Fsp3) is 0.815. The van der Waals surface area contributed by atoms with Gasteiger partial charge in [0.2, 0.25) is 17.4 Å². The average molecular weight is 785 g/mol. The fourth-order valence-electron chi connectivity index (χ4n) is 5.65. The number of hydrogen-bond acceptors (Lipinski definition) is 22. The minimum atomic E-state index is -3.18. The Labute approximate surface area is 361 Å². The number of aliphatic hydroxyl groups is 10. The average Bonchev–Trinajstić information content (AvgIpc) is 3.05. The molecule has 3 aliphatic rings. The van der Waals surface area contributed by atoms with Gasteiger partial charge in [0.05, 0.1) is 44.7 Å². The van der Waals surface area contributed by atoms with Crippen LogP contribution in [0.2, 0.25) is 0 Å². The number of ether oxygens (including phenoxy) is 6. The first-order valence-electron chi connectivity index (χ1n) is 14.7. The summed E-state index contributed by atoms with van der Waals surface area (Å²) >= 11 is 0. The van der Waals surface area contributed by atoms with Gasteiger partial charge in [0, 0.05) is 19.3 Å². The van der Waals surface area contributed by atoms with Gasteiger partial charge < -0.3 is 109 Å². The molecule has 0 amide bonds. The number of rotatable bonds is 16. The van der Waals surface area contributed by atoms with Crippen LogP contribution in [0.15, 0.2) is 12.7 Å². The van der Waals surface area contributed by atoms with Crippen molar-refractivity contribution in [1.82, 2.24) is 0 Å². The van der Waals surface area contributed by atoms with Crippen molar-refractivity contribution in [1.29, 1.82) is 0 Å². The molecule has 0 aliphatic carbocycles. The van der Waals surface area contributed by atoms with Crippen LogP contribution in [0.1, 0.15) is 19.3 Å². The van der Waals surface area contributed by atoms with Gasteiger partial charge in [0.15, 0.2) is 0 Å². The predicted octanol–water partition coefficient (Wildman–Crippen LogP) is -19.8. The summed E-state index contributed by atoms with van der Waals surface area (Å²) in [6.07, 6.45) is -27.3. The van der Waals surface area contributed by atoms with Crippen molar-refractivity contribution >= 4 is 17.9 Å². The maximum Gasteiger partial charge on any atom is 1.00 e. The van der Waals surface area contributed by atoms with Gasteiger partial charge in [-0.1, -0.05) is 6.08 Å². The monoisotopic (exact) mass is 784 g/mol. The number of aliphatic hydroxyl groups excluding tert-OH is 10. The largest absolute Gasteiger partial charge is 1.00 e. The van der Waals surface area contributed by atoms with Gasteiger partial charge in [-0.2, -0.15) is 0 Å². The SMILES string of the molecule is C=CCO[C@]1(C(=O)[O-])C[C@@H](O[C@]2(C(=O)[O-])C[C@@H](O)[C@@H](O)[C@@H]([C@H](O)CO)O2)[C@@H](O)[C@@H](C(O)CO[C@]2(C(=O)[O-])C[C@@H](O)[C@@H](O)[C@@H]([C@H](O)CO)O2)O1.[Na+].[Na+].[Na+]. The third-order valence-corrected chi connectivity index (χ3v) is 8.29. The fourth-order valence-corrected chi connectivity index (χ4v) is 5.65. The second-order valence-electron chi connectivity index (χ2n) is 11.7. The molecular formula is C27H39Na3O22. The zero-order chi connectivity index (χ0) is 37.1. The van der Waals surface area contributed by atoms with E-state index in [0.29, 0.717) is 0 Å². The Morgan fingerprint density at radius 3 is 1.46 bits per heavy atom. The molecule has 3 saturated heterocycles. The maximum absolute atomic E-state index is 12.4. The zero-order valence-electron chi connectivity index (χ0n) is 28.5. The summed E-state index contributed by atoms with van der Waals surface area (Å²) in [5.74, 6) is -15.9. The number of aliphatic carboxylic acids is 3. The molecule has 282 valence electrons. The smallest absolute Gasteiger partial charge is 0.544 e. The molecule has 0 radical (unpaired) electrons. The molecule has 0 aromatic rings. The number of carboxylic acids is 3. The summed E-state index contributed by atoms with van der Waals surface area (Å²) in [5.41, 5.74) is 0. The normalized spacial score (nSPS) is 39.3. The molecule has 0 aromatic heterocycles. The van der Waals surface area contributed by atoms with E-state index in [9.17, 15) is 80.8 Å². The van der Waals surface area contributed by atoms with Crippen LogP contribution in [0.3, 0.4) is 0 Å². The van der Waals surface area contributed by atoms with Crippen molar-refractivity contribution in [2.45, 2.75) is 110 Å². The molecule has 3 heterocycles. The van der Waals surface area contributed by atoms with E-state index in [4.69, 9.17) is 28.4 Å². The molecule has 52 heavy (non-hydrogen) atoms. The molecule has 0 aromatic carbocycles. The first kappa shape index (κ1) is 52.5. The molecule has 15 atom stereocenters. The second-order valence-corrected chi connectivity index (χ2v) is 11.7. The van der Waals surface area contributed by atoms with Crippen LogP contribution >= 0.6 is 0 Å². The van der Waals surface area contributed by atoms with Crippen LogP contribution < -0.4 is 104 Å². The molecule has 0 bridgehead atoms. The molecule has 10 N–H and O–H groups in total. The summed E-state index contributed by atoms with van der Waals surface area (Å²) < 4.78 is 31.6. The van der Waals surface area contributed by atoms with Gasteiger partial charge in [-0.25, -0.2) is 0 Å². The Morgan fingerprint density at radius 2 is 1.06 bits per heavy atom. The van der Waals surface area contributed by atoms with E-state index in [2.05, 4.69) is 6.58 Å². The molecule has 1 unspecified atom stereocenters. The van der Waals surface area contributed by atoms with E-state index < -0.39 is 154 Å². The quantitative estimate of drug-likeness (QED) is 0.0513. The van der Waals surface area contributed by atoms with Crippen molar-refractivity contribution in [2.24, 2.45) is 0 Å². The predicted molar refractivity (Wildman–Crippen MR) is 141 cm³/mol. The van der Waals surface area contributed by atoms with Crippen LogP contribution in [-0.4, -0.2) is 186 Å². The van der Waals surface area contributed by atoms with Crippen LogP contribution in [-0.2, 0) is 42.8 Å². The van der Waals surface area contributed by atoms with Gasteiger partial charge in [0.25, 0.3) is 0 Å². The van der Waals surface area contributed by atoms with Gasteiger partial charge in [-0.15, -0.1) is 6.58 Å². The first-order valence-corrected chi connectivity index (χ1v) is 14.7. The van der Waals surface area contributed by atoms with Crippen LogP contribution in [0.4, 0.5) is 0 Å². The van der Waals surface area contributed by atoms with Crippen LogP contribution in [0.25, 0.3) is 0 Å². The molecule has 22 nitrogen and oxygen atoms in total. The molecule has 3 aliphatic heterocycles. The summed E-state index contributed by atoms with van der Waals surface area (Å²) in [7, 11) is 0. The van der Waals surface area contributed by atoms with Crippen LogP contribution in [0.5, 0.6) is 0 Å². The van der Waals surface area contributed by atoms with Gasteiger partial charge in [0.1, 0.15) is 72.8 Å². The van der Waals surface area contributed by atoms with Crippen molar-refractivity contribution in [3.8, 4) is 0 Å². The Bertz CT molecular complexity index is 1190. The topological polar surface area (TPSA) is 378 Å². The van der Waals surface area contributed by atoms with Gasteiger partial charge in [-0.05, 0) is 0 Å². The molecule has 3 rings (SSSR count). The third-order valence-electron chi connectivity index (χ3n) is 8.29. The van der Waals surface area contributed by atoms with E-state index in [0.717, 1.165) is 6.08 Å². The Kier molecular flexibility index (Phi) is 22.1. The number of carbonyl (C=O) groups excluding carboxylic acids is 3. The van der Waals surface area contributed by atoms with Crippen molar-refractivity contribution < 1.29 is 198 Å². The van der Waals surface area contributed by atoms with Crippen molar-refractivity contribution in [2.75, 3.05) is 26.4 Å². The molecule has 3 fully saturated rings. The molecule has 0 spiro atoms. The van der Waals surface area contributed by atoms with Gasteiger partial charge >= 0.3 is 88.7 Å². The molecule has 0 saturated carbocycles. The Morgan fingerprint density at radius 1 is 0.673 bits per heavy atom. The summed E-state index contributed by atoms with van der Waals surface area (Å²) in [6.45, 7) is -0.741. The molecular weight excluding hydrogens is 745 g/mol. The van der Waals surface area contributed by atoms with Crippen LogP contribution in [0, 0.1) is 0 Å². The minimum Gasteiger partial charge on any atom is -0.544 e. The summed E-state index contributed by atoms with van der Waals surface area (Å²) in [5, 5.41) is 139. The minimum absolute atomic E-state index is 0. The second kappa shape index (κ2) is 21.9. The first-order chi connectivity index (χ1) is 22.8. The van der Waals surface area contributed by atoms with E-state index in [1.54, 1.807) is 0 Å². The summed E-state index contributed by atoms with van der Waals surface area (Å²) in [4.78, 5) is 36.9. The van der Waals surface area contributed by atoms with E-state index in [1.165, 1.54) is 0 Å². The van der Waals surface area contributed by atoms with Crippen molar-refractivity contribution in [3.05, 3.63) is 12.7 Å². The van der Waals surface area contributed by atoms with Crippen molar-refractivity contribution in [3.63, 3.8) is 0 Å². The number of hydrogen-bond donors (Lipinski definition) is 10. The maximum atomic E-state index is 12.4. The van der Waals surface area contributed by atoms with E-state index in [1.807, 2.05) is 0 Å². The third kappa shape index (κ3) is 11.3. The van der Waals surface area contributed by atoms with Gasteiger partial charge in [-0.3, -0.25) is 0 Å². The zero-order valence-corrected chi connectivity index (χ0v) is 34.5.